The topological polar surface area (TPSA) is 86.7 Å². The summed E-state index contributed by atoms with van der Waals surface area (Å²) in [6.45, 7) is 0.349. The molecule has 0 saturated carbocycles. The van der Waals surface area contributed by atoms with Crippen LogP contribution >= 0.6 is 11.3 Å². The molecular formula is C27H28N2O4S2. The van der Waals surface area contributed by atoms with Gasteiger partial charge in [-0.05, 0) is 64.4 Å². The largest absolute Gasteiger partial charge is 0.289 e. The van der Waals surface area contributed by atoms with Gasteiger partial charge in [0.15, 0.2) is 0 Å². The van der Waals surface area contributed by atoms with Gasteiger partial charge in [0.1, 0.15) is 4.21 Å². The maximum absolute atomic E-state index is 13.4. The van der Waals surface area contributed by atoms with Crippen molar-refractivity contribution in [2.24, 2.45) is 0 Å². The molecular weight excluding hydrogens is 480 g/mol. The van der Waals surface area contributed by atoms with Crippen molar-refractivity contribution in [1.29, 1.82) is 0 Å². The lowest BCUT2D eigenvalue weighted by atomic mass is 10.0. The number of sulfonamides is 1. The maximum Gasteiger partial charge on any atom is 0.273 e. The van der Waals surface area contributed by atoms with Gasteiger partial charge in [-0.15, -0.1) is 11.3 Å². The zero-order chi connectivity index (χ0) is 24.7. The van der Waals surface area contributed by atoms with Crippen LogP contribution in [0.5, 0.6) is 0 Å². The van der Waals surface area contributed by atoms with E-state index >= 15 is 0 Å². The lowest BCUT2D eigenvalue weighted by molar-refractivity contribution is -0.129. The molecule has 0 unspecified atom stereocenters. The molecule has 0 spiro atoms. The first-order valence-electron chi connectivity index (χ1n) is 11.6. The quantitative estimate of drug-likeness (QED) is 0.143. The van der Waals surface area contributed by atoms with Crippen molar-refractivity contribution in [3.05, 3.63) is 84.2 Å². The Bertz CT molecular complexity index is 1370. The number of hydrogen-bond acceptors (Lipinski definition) is 5. The number of nitrogens with zero attached hydrogens (tertiary/aromatic N) is 1. The van der Waals surface area contributed by atoms with Gasteiger partial charge in [0.25, 0.3) is 10.0 Å². The lowest BCUT2D eigenvalue weighted by Gasteiger charge is -2.24. The third-order valence-corrected chi connectivity index (χ3v) is 9.12. The predicted octanol–water partition coefficient (Wildman–Crippen LogP) is 6.22. The highest BCUT2D eigenvalue weighted by molar-refractivity contribution is 7.94. The van der Waals surface area contributed by atoms with Crippen LogP contribution < -0.4 is 9.79 Å². The average molecular weight is 509 g/mol. The number of carbonyl (C=O) groups is 1. The highest BCUT2D eigenvalue weighted by Gasteiger charge is 2.25. The Kier molecular flexibility index (Phi) is 8.17. The van der Waals surface area contributed by atoms with E-state index in [9.17, 15) is 13.2 Å². The van der Waals surface area contributed by atoms with Gasteiger partial charge in [0, 0.05) is 13.0 Å². The van der Waals surface area contributed by atoms with Gasteiger partial charge in [0.2, 0.25) is 5.91 Å². The van der Waals surface area contributed by atoms with Crippen molar-refractivity contribution in [3.63, 3.8) is 0 Å². The molecule has 1 amide bonds. The molecule has 0 aliphatic carbocycles. The third kappa shape index (κ3) is 6.08. The van der Waals surface area contributed by atoms with E-state index in [4.69, 9.17) is 5.21 Å². The minimum atomic E-state index is -3.67. The van der Waals surface area contributed by atoms with Crippen LogP contribution in [0.15, 0.2) is 88.5 Å². The summed E-state index contributed by atoms with van der Waals surface area (Å²) in [6, 6.07) is 25.5. The summed E-state index contributed by atoms with van der Waals surface area (Å²) in [5, 5.41) is 12.7. The summed E-state index contributed by atoms with van der Waals surface area (Å²) in [4.78, 5) is 11.1. The summed E-state index contributed by atoms with van der Waals surface area (Å²) in [7, 11) is -3.67. The van der Waals surface area contributed by atoms with Gasteiger partial charge in [-0.1, -0.05) is 67.4 Å². The van der Waals surface area contributed by atoms with Crippen molar-refractivity contribution in [3.8, 4) is 11.1 Å². The van der Waals surface area contributed by atoms with Crippen molar-refractivity contribution in [2.75, 3.05) is 10.8 Å². The van der Waals surface area contributed by atoms with Crippen LogP contribution in [0.1, 0.15) is 32.1 Å². The van der Waals surface area contributed by atoms with E-state index in [-0.39, 0.29) is 6.42 Å². The standard InChI is InChI=1S/C27H28N2O4S2/c30-26(28-31)10-3-1-2-6-18-29(35(32,33)27-11-7-19-34-27)25-16-14-22(15-17-25)24-13-12-21-8-4-5-9-23(21)20-24/h4-5,7-9,11-17,19-20,31H,1-3,6,10,18H2,(H,28,30). The summed E-state index contributed by atoms with van der Waals surface area (Å²) in [5.74, 6) is -0.404. The Hall–Kier alpha value is -3.20. The molecule has 2 N–H and O–H groups in total. The summed E-state index contributed by atoms with van der Waals surface area (Å²) >= 11 is 1.21. The summed E-state index contributed by atoms with van der Waals surface area (Å²) < 4.78 is 28.6. The van der Waals surface area contributed by atoms with Crippen LogP contribution in [0.2, 0.25) is 0 Å². The average Bonchev–Trinajstić information content (AvgIpc) is 3.44. The van der Waals surface area contributed by atoms with Gasteiger partial charge in [-0.2, -0.15) is 0 Å². The monoisotopic (exact) mass is 508 g/mol. The molecule has 0 atom stereocenters. The van der Waals surface area contributed by atoms with Crippen LogP contribution in [0.3, 0.4) is 0 Å². The van der Waals surface area contributed by atoms with Gasteiger partial charge in [0.05, 0.1) is 5.69 Å². The van der Waals surface area contributed by atoms with E-state index in [1.165, 1.54) is 21.0 Å². The Balaban J connectivity index is 1.51. The number of benzene rings is 3. The maximum atomic E-state index is 13.4. The fraction of sp³-hybridized carbons (Fsp3) is 0.222. The second-order valence-corrected chi connectivity index (χ2v) is 11.4. The number of anilines is 1. The number of unbranched alkanes of at least 4 members (excludes halogenated alkanes) is 3. The molecule has 0 aliphatic rings. The van der Waals surface area contributed by atoms with Crippen molar-refractivity contribution in [2.45, 2.75) is 36.3 Å². The van der Waals surface area contributed by atoms with E-state index in [2.05, 4.69) is 30.3 Å². The third-order valence-electron chi connectivity index (χ3n) is 5.92. The van der Waals surface area contributed by atoms with E-state index in [1.807, 2.05) is 36.4 Å². The second-order valence-electron chi connectivity index (χ2n) is 8.32. The van der Waals surface area contributed by atoms with E-state index in [0.29, 0.717) is 29.3 Å². The molecule has 1 aromatic heterocycles. The summed E-state index contributed by atoms with van der Waals surface area (Å²) in [6.07, 6.45) is 3.12. The van der Waals surface area contributed by atoms with Crippen molar-refractivity contribution in [1.82, 2.24) is 5.48 Å². The molecule has 0 saturated heterocycles. The first-order chi connectivity index (χ1) is 17.0. The zero-order valence-corrected chi connectivity index (χ0v) is 20.9. The summed E-state index contributed by atoms with van der Waals surface area (Å²) in [5.41, 5.74) is 4.36. The smallest absolute Gasteiger partial charge is 0.273 e. The van der Waals surface area contributed by atoms with Gasteiger partial charge in [-0.3, -0.25) is 14.3 Å². The Morgan fingerprint density at radius 1 is 0.829 bits per heavy atom. The fourth-order valence-electron chi connectivity index (χ4n) is 4.05. The number of nitrogens with one attached hydrogen (secondary N) is 1. The second kappa shape index (κ2) is 11.5. The molecule has 0 bridgehead atoms. The highest BCUT2D eigenvalue weighted by Crippen LogP contribution is 2.30. The molecule has 6 nitrogen and oxygen atoms in total. The molecule has 35 heavy (non-hydrogen) atoms. The van der Waals surface area contributed by atoms with Gasteiger partial charge < -0.3 is 0 Å². The number of fused-ring (bicyclic) bond motifs is 1. The van der Waals surface area contributed by atoms with Crippen LogP contribution in [0.4, 0.5) is 5.69 Å². The molecule has 4 aromatic rings. The van der Waals surface area contributed by atoms with Gasteiger partial charge in [-0.25, -0.2) is 13.9 Å². The normalized spacial score (nSPS) is 11.5. The van der Waals surface area contributed by atoms with Crippen LogP contribution in [0.25, 0.3) is 21.9 Å². The molecule has 182 valence electrons. The highest BCUT2D eigenvalue weighted by atomic mass is 32.2. The van der Waals surface area contributed by atoms with E-state index < -0.39 is 15.9 Å². The number of carbonyl (C=O) groups excluding carboxylic acids is 1. The number of thiophene rings is 1. The number of amides is 1. The van der Waals surface area contributed by atoms with Crippen LogP contribution in [-0.4, -0.2) is 26.1 Å². The lowest BCUT2D eigenvalue weighted by Crippen LogP contribution is -2.31. The molecule has 0 radical (unpaired) electrons. The van der Waals surface area contributed by atoms with E-state index in [0.717, 1.165) is 29.4 Å². The Labute approximate surface area is 209 Å². The van der Waals surface area contributed by atoms with Crippen molar-refractivity contribution < 1.29 is 18.4 Å². The van der Waals surface area contributed by atoms with Crippen LogP contribution in [-0.2, 0) is 14.8 Å². The molecule has 3 aromatic carbocycles. The SMILES string of the molecule is O=C(CCCCCCN(c1ccc(-c2ccc3ccccc3c2)cc1)S(=O)(=O)c1cccs1)NO. The predicted molar refractivity (Wildman–Crippen MR) is 141 cm³/mol. The molecule has 0 aliphatic heterocycles. The molecule has 8 heteroatoms. The van der Waals surface area contributed by atoms with Crippen LogP contribution in [0, 0.1) is 0 Å². The first kappa shape index (κ1) is 24.9. The minimum absolute atomic E-state index is 0.254. The minimum Gasteiger partial charge on any atom is -0.289 e. The zero-order valence-electron chi connectivity index (χ0n) is 19.3. The molecule has 1 heterocycles. The number of rotatable bonds is 11. The Morgan fingerprint density at radius 2 is 1.54 bits per heavy atom. The first-order valence-corrected chi connectivity index (χ1v) is 13.9. The Morgan fingerprint density at radius 3 is 2.26 bits per heavy atom. The van der Waals surface area contributed by atoms with Gasteiger partial charge >= 0.3 is 0 Å². The fourth-order valence-corrected chi connectivity index (χ4v) is 6.65. The van der Waals surface area contributed by atoms with Crippen molar-refractivity contribution >= 4 is 43.7 Å². The number of hydrogen-bond donors (Lipinski definition) is 2. The van der Waals surface area contributed by atoms with E-state index in [1.54, 1.807) is 23.0 Å². The molecule has 0 fully saturated rings. The number of hydroxylamine groups is 1. The molecule has 4 rings (SSSR count).